The first-order valence-electron chi connectivity index (χ1n) is 7.27. The van der Waals surface area contributed by atoms with E-state index in [2.05, 4.69) is 47.6 Å². The van der Waals surface area contributed by atoms with Crippen molar-refractivity contribution in [2.45, 2.75) is 43.8 Å². The van der Waals surface area contributed by atoms with Crippen molar-refractivity contribution in [3.8, 4) is 0 Å². The van der Waals surface area contributed by atoms with Crippen molar-refractivity contribution in [2.75, 3.05) is 39.5 Å². The smallest absolute Gasteiger partial charge is 0.196 e. The molecule has 0 amide bonds. The van der Waals surface area contributed by atoms with Crippen molar-refractivity contribution < 1.29 is 0 Å². The van der Waals surface area contributed by atoms with Crippen LogP contribution >= 0.6 is 35.7 Å². The lowest BCUT2D eigenvalue weighted by Gasteiger charge is -2.46. The second-order valence-electron chi connectivity index (χ2n) is 5.68. The third-order valence-corrected chi connectivity index (χ3v) is 5.53. The van der Waals surface area contributed by atoms with Gasteiger partial charge in [-0.15, -0.1) is 24.0 Å². The van der Waals surface area contributed by atoms with Crippen LogP contribution in [0.2, 0.25) is 0 Å². The van der Waals surface area contributed by atoms with Gasteiger partial charge >= 0.3 is 0 Å². The Morgan fingerprint density at radius 3 is 2.53 bits per heavy atom. The Morgan fingerprint density at radius 1 is 1.26 bits per heavy atom. The molecule has 0 aromatic carbocycles. The third kappa shape index (κ3) is 4.41. The molecule has 0 aromatic rings. The topological polar surface area (TPSA) is 18.8 Å². The molecule has 5 heteroatoms. The van der Waals surface area contributed by atoms with Crippen LogP contribution in [0.4, 0.5) is 0 Å². The highest BCUT2D eigenvalue weighted by atomic mass is 127. The predicted octanol–water partition coefficient (Wildman–Crippen LogP) is 3.29. The standard InChI is InChI=1S/C14H27N3S.HI/c1-4-15-13(16(2)3)17-10-11-18-14(12-17)8-6-5-7-9-14;/h4-12H2,1-3H3;1H. The number of hydrogen-bond donors (Lipinski definition) is 0. The van der Waals surface area contributed by atoms with Crippen LogP contribution in [0.3, 0.4) is 0 Å². The summed E-state index contributed by atoms with van der Waals surface area (Å²) in [5.74, 6) is 2.44. The van der Waals surface area contributed by atoms with Crippen LogP contribution in [0.5, 0.6) is 0 Å². The molecule has 2 fully saturated rings. The normalized spacial score (nSPS) is 23.1. The molecule has 0 aromatic heterocycles. The second kappa shape index (κ2) is 7.96. The van der Waals surface area contributed by atoms with E-state index in [-0.39, 0.29) is 24.0 Å². The SMILES string of the molecule is CCN=C(N(C)C)N1CCSC2(CCCCC2)C1.I. The molecule has 19 heavy (non-hydrogen) atoms. The average Bonchev–Trinajstić information content (AvgIpc) is 2.36. The summed E-state index contributed by atoms with van der Waals surface area (Å²) in [4.78, 5) is 9.38. The van der Waals surface area contributed by atoms with E-state index in [1.54, 1.807) is 0 Å². The summed E-state index contributed by atoms with van der Waals surface area (Å²) in [5.41, 5.74) is 0. The van der Waals surface area contributed by atoms with Crippen molar-refractivity contribution in [1.82, 2.24) is 9.80 Å². The third-order valence-electron chi connectivity index (χ3n) is 4.00. The molecule has 1 saturated carbocycles. The Kier molecular flexibility index (Phi) is 7.29. The first-order valence-corrected chi connectivity index (χ1v) is 8.26. The highest BCUT2D eigenvalue weighted by Gasteiger charge is 2.38. The van der Waals surface area contributed by atoms with Crippen molar-refractivity contribution in [3.63, 3.8) is 0 Å². The minimum Gasteiger partial charge on any atom is -0.349 e. The number of guanidine groups is 1. The first-order chi connectivity index (χ1) is 8.67. The van der Waals surface area contributed by atoms with E-state index in [1.807, 2.05) is 0 Å². The summed E-state index contributed by atoms with van der Waals surface area (Å²) < 4.78 is 0.529. The Labute approximate surface area is 139 Å². The van der Waals surface area contributed by atoms with Gasteiger partial charge in [-0.2, -0.15) is 11.8 Å². The Bertz CT molecular complexity index is 296. The molecule has 1 aliphatic heterocycles. The van der Waals surface area contributed by atoms with Crippen LogP contribution in [0, 0.1) is 0 Å². The van der Waals surface area contributed by atoms with Crippen molar-refractivity contribution in [3.05, 3.63) is 0 Å². The zero-order valence-corrected chi connectivity index (χ0v) is 15.7. The largest absolute Gasteiger partial charge is 0.349 e. The van der Waals surface area contributed by atoms with Crippen LogP contribution < -0.4 is 0 Å². The van der Waals surface area contributed by atoms with Crippen LogP contribution in [-0.2, 0) is 0 Å². The Balaban J connectivity index is 0.00000180. The number of aliphatic imine (C=N–C) groups is 1. The fraction of sp³-hybridized carbons (Fsp3) is 0.929. The van der Waals surface area contributed by atoms with Crippen LogP contribution in [0.1, 0.15) is 39.0 Å². The highest BCUT2D eigenvalue weighted by Crippen LogP contribution is 2.42. The number of rotatable bonds is 1. The zero-order chi connectivity index (χ0) is 13.0. The van der Waals surface area contributed by atoms with Gasteiger partial charge in [-0.05, 0) is 19.8 Å². The minimum absolute atomic E-state index is 0. The maximum absolute atomic E-state index is 4.68. The van der Waals surface area contributed by atoms with E-state index >= 15 is 0 Å². The van der Waals surface area contributed by atoms with Crippen LogP contribution in [-0.4, -0.2) is 60.0 Å². The van der Waals surface area contributed by atoms with Gasteiger partial charge in [-0.1, -0.05) is 19.3 Å². The van der Waals surface area contributed by atoms with E-state index in [0.29, 0.717) is 4.75 Å². The van der Waals surface area contributed by atoms with Crippen molar-refractivity contribution >= 4 is 41.7 Å². The molecule has 0 N–H and O–H groups in total. The molecule has 1 saturated heterocycles. The molecule has 2 aliphatic rings. The minimum atomic E-state index is 0. The molecule has 0 unspecified atom stereocenters. The van der Waals surface area contributed by atoms with E-state index in [4.69, 9.17) is 0 Å². The molecule has 0 bridgehead atoms. The van der Waals surface area contributed by atoms with Gasteiger partial charge in [0.2, 0.25) is 0 Å². The van der Waals surface area contributed by atoms with Gasteiger partial charge < -0.3 is 9.80 Å². The summed E-state index contributed by atoms with van der Waals surface area (Å²) >= 11 is 2.22. The maximum atomic E-state index is 4.68. The van der Waals surface area contributed by atoms with Gasteiger partial charge in [-0.25, -0.2) is 0 Å². The van der Waals surface area contributed by atoms with Gasteiger partial charge in [0.25, 0.3) is 0 Å². The second-order valence-corrected chi connectivity index (χ2v) is 7.25. The van der Waals surface area contributed by atoms with Crippen LogP contribution in [0.25, 0.3) is 0 Å². The number of nitrogens with zero attached hydrogens (tertiary/aromatic N) is 3. The molecule has 0 atom stereocenters. The molecular weight excluding hydrogens is 369 g/mol. The average molecular weight is 397 g/mol. The van der Waals surface area contributed by atoms with Gasteiger partial charge in [0.05, 0.1) is 0 Å². The fourth-order valence-electron chi connectivity index (χ4n) is 3.18. The lowest BCUT2D eigenvalue weighted by atomic mass is 9.87. The quantitative estimate of drug-likeness (QED) is 0.385. The molecule has 2 rings (SSSR count). The first kappa shape index (κ1) is 17.4. The summed E-state index contributed by atoms with van der Waals surface area (Å²) in [5, 5.41) is 0. The van der Waals surface area contributed by atoms with E-state index in [0.717, 1.165) is 13.1 Å². The molecule has 112 valence electrons. The Morgan fingerprint density at radius 2 is 1.95 bits per heavy atom. The van der Waals surface area contributed by atoms with Gasteiger partial charge in [0, 0.05) is 44.2 Å². The predicted molar refractivity (Wildman–Crippen MR) is 96.9 cm³/mol. The molecule has 3 nitrogen and oxygen atoms in total. The molecule has 0 radical (unpaired) electrons. The van der Waals surface area contributed by atoms with Crippen LogP contribution in [0.15, 0.2) is 4.99 Å². The Hall–Kier alpha value is 0.350. The lowest BCUT2D eigenvalue weighted by Crippen LogP contribution is -2.53. The number of thioether (sulfide) groups is 1. The highest BCUT2D eigenvalue weighted by molar-refractivity contribution is 14.0. The van der Waals surface area contributed by atoms with Gasteiger partial charge in [0.15, 0.2) is 5.96 Å². The van der Waals surface area contributed by atoms with Gasteiger partial charge in [-0.3, -0.25) is 4.99 Å². The number of halogens is 1. The zero-order valence-electron chi connectivity index (χ0n) is 12.5. The monoisotopic (exact) mass is 397 g/mol. The summed E-state index contributed by atoms with van der Waals surface area (Å²) in [6.07, 6.45) is 7.08. The molecular formula is C14H28IN3S. The summed E-state index contributed by atoms with van der Waals surface area (Å²) in [6, 6.07) is 0. The van der Waals surface area contributed by atoms with E-state index < -0.39 is 0 Å². The van der Waals surface area contributed by atoms with Crippen molar-refractivity contribution in [2.24, 2.45) is 4.99 Å². The van der Waals surface area contributed by atoms with E-state index in [9.17, 15) is 0 Å². The summed E-state index contributed by atoms with van der Waals surface area (Å²) in [7, 11) is 4.23. The van der Waals surface area contributed by atoms with Gasteiger partial charge in [0.1, 0.15) is 0 Å². The van der Waals surface area contributed by atoms with Crippen molar-refractivity contribution in [1.29, 1.82) is 0 Å². The molecule has 1 spiro atoms. The fourth-order valence-corrected chi connectivity index (χ4v) is 4.75. The summed E-state index contributed by atoms with van der Waals surface area (Å²) in [6.45, 7) is 5.36. The number of hydrogen-bond acceptors (Lipinski definition) is 2. The molecule has 1 heterocycles. The lowest BCUT2D eigenvalue weighted by molar-refractivity contribution is 0.279. The maximum Gasteiger partial charge on any atom is 0.196 e. The van der Waals surface area contributed by atoms with E-state index in [1.165, 1.54) is 50.4 Å². The molecule has 1 aliphatic carbocycles.